The van der Waals surface area contributed by atoms with Crippen LogP contribution in [0.5, 0.6) is 0 Å². The SMILES string of the molecule is C1CCC(P(C2CCCCC2)C2CCCCC2)CC1.C1CCC(P(C2CCCCC2)C2CCCCC2)CC1.COC(=O)/C=C/CCCC[CH]=[Ru]([Cl])[Cl]. The summed E-state index contributed by atoms with van der Waals surface area (Å²) in [5.41, 5.74) is 7.14. The number of hydrogen-bond donors (Lipinski definition) is 0. The summed E-state index contributed by atoms with van der Waals surface area (Å²) in [7, 11) is 13.5. The maximum atomic E-state index is 10.6. The van der Waals surface area contributed by atoms with E-state index < -0.39 is 13.5 Å². The molecule has 0 saturated heterocycles. The number of hydrogen-bond acceptors (Lipinski definition) is 2. The Balaban J connectivity index is 0.000000178. The van der Waals surface area contributed by atoms with E-state index in [0.717, 1.165) is 25.7 Å². The van der Waals surface area contributed by atoms with Gasteiger partial charge in [-0.2, -0.15) is 0 Å². The van der Waals surface area contributed by atoms with Crippen molar-refractivity contribution in [3.8, 4) is 0 Å². The molecule has 0 unspecified atom stereocenters. The van der Waals surface area contributed by atoms with Gasteiger partial charge in [-0.1, -0.05) is 131 Å². The van der Waals surface area contributed by atoms with Gasteiger partial charge in [0.25, 0.3) is 0 Å². The Hall–Kier alpha value is 1.14. The van der Waals surface area contributed by atoms with Crippen molar-refractivity contribution in [2.75, 3.05) is 7.11 Å². The van der Waals surface area contributed by atoms with Crippen molar-refractivity contribution in [3.05, 3.63) is 12.2 Å². The molecule has 0 radical (unpaired) electrons. The summed E-state index contributed by atoms with van der Waals surface area (Å²) in [6.07, 6.45) is 54.5. The fourth-order valence-corrected chi connectivity index (χ4v) is 21.9. The van der Waals surface area contributed by atoms with Gasteiger partial charge in [-0.25, -0.2) is 0 Å². The Labute approximate surface area is 338 Å². The van der Waals surface area contributed by atoms with Crippen molar-refractivity contribution in [1.82, 2.24) is 0 Å². The van der Waals surface area contributed by atoms with Gasteiger partial charge >= 0.3 is 98.0 Å². The molecule has 6 fully saturated rings. The van der Waals surface area contributed by atoms with Crippen molar-refractivity contribution in [2.45, 2.75) is 252 Å². The molecule has 0 N–H and O–H groups in total. The van der Waals surface area contributed by atoms with Gasteiger partial charge in [0, 0.05) is 0 Å². The second kappa shape index (κ2) is 28.5. The van der Waals surface area contributed by atoms with E-state index in [4.69, 9.17) is 19.4 Å². The zero-order valence-electron chi connectivity index (χ0n) is 33.6. The van der Waals surface area contributed by atoms with E-state index in [0.29, 0.717) is 15.8 Å². The number of halogens is 2. The van der Waals surface area contributed by atoms with Crippen molar-refractivity contribution in [2.24, 2.45) is 0 Å². The number of esters is 1. The second-order valence-corrected chi connectivity index (χ2v) is 29.3. The normalized spacial score (nSPS) is 24.2. The number of methoxy groups -OCH3 is 1. The topological polar surface area (TPSA) is 26.3 Å². The second-order valence-electron chi connectivity index (χ2n) is 17.2. The first-order valence-corrected chi connectivity index (χ1v) is 31.3. The van der Waals surface area contributed by atoms with Crippen LogP contribution in [0.1, 0.15) is 218 Å². The predicted octanol–water partition coefficient (Wildman–Crippen LogP) is 15.9. The third-order valence-corrected chi connectivity index (χ3v) is 24.0. The van der Waals surface area contributed by atoms with Crippen LogP contribution in [0.25, 0.3) is 0 Å². The van der Waals surface area contributed by atoms with Gasteiger partial charge in [-0.05, 0) is 111 Å². The van der Waals surface area contributed by atoms with Crippen molar-refractivity contribution in [1.29, 1.82) is 0 Å². The summed E-state index contributed by atoms with van der Waals surface area (Å²) in [6, 6.07) is 0. The summed E-state index contributed by atoms with van der Waals surface area (Å²) in [4.78, 5) is 10.6. The minimum absolute atomic E-state index is 0.300. The number of ether oxygens (including phenoxy) is 1. The monoisotopic (exact) mass is 886 g/mol. The average Bonchev–Trinajstić information content (AvgIpc) is 3.20. The fraction of sp³-hybridized carbons (Fsp3) is 0.911. The first kappa shape index (κ1) is 45.8. The van der Waals surface area contributed by atoms with Crippen LogP contribution >= 0.6 is 35.2 Å². The van der Waals surface area contributed by atoms with Crippen LogP contribution in [-0.2, 0) is 23.0 Å². The summed E-state index contributed by atoms with van der Waals surface area (Å²) >= 11 is -1.56. The molecule has 7 heteroatoms. The molecule has 0 atom stereocenters. The van der Waals surface area contributed by atoms with Crippen LogP contribution in [0.15, 0.2) is 12.2 Å². The van der Waals surface area contributed by atoms with Gasteiger partial charge < -0.3 is 0 Å². The van der Waals surface area contributed by atoms with Gasteiger partial charge in [0.15, 0.2) is 0 Å². The van der Waals surface area contributed by atoms with Crippen LogP contribution in [0.2, 0.25) is 0 Å². The first-order chi connectivity index (χ1) is 25.6. The molecule has 0 aromatic rings. The summed E-state index contributed by atoms with van der Waals surface area (Å²) in [6.45, 7) is 0. The van der Waals surface area contributed by atoms with Gasteiger partial charge in [-0.15, -0.1) is 0 Å². The Kier molecular flexibility index (Phi) is 25.1. The molecule has 0 aromatic heterocycles. The van der Waals surface area contributed by atoms with E-state index in [1.165, 1.54) is 85.7 Å². The Morgan fingerprint density at radius 2 is 0.769 bits per heavy atom. The molecule has 2 nitrogen and oxygen atoms in total. The zero-order valence-corrected chi connectivity index (χ0v) is 38.6. The molecule has 6 rings (SSSR count). The number of unbranched alkanes of at least 4 members (excludes halogenated alkanes) is 3. The summed E-state index contributed by atoms with van der Waals surface area (Å²) in [5, 5.41) is 0. The Morgan fingerprint density at radius 3 is 1.02 bits per heavy atom. The van der Waals surface area contributed by atoms with E-state index >= 15 is 0 Å². The molecule has 6 aliphatic carbocycles. The van der Waals surface area contributed by atoms with Gasteiger partial charge in [0.05, 0.1) is 0 Å². The molecule has 0 heterocycles. The molecule has 0 spiro atoms. The first-order valence-electron chi connectivity index (χ1n) is 22.7. The van der Waals surface area contributed by atoms with Gasteiger partial charge in [0.2, 0.25) is 0 Å². The molecule has 6 saturated carbocycles. The van der Waals surface area contributed by atoms with Gasteiger partial charge in [-0.3, -0.25) is 0 Å². The molecular weight excluding hydrogens is 806 g/mol. The summed E-state index contributed by atoms with van der Waals surface area (Å²) < 4.78 is 6.45. The molecule has 52 heavy (non-hydrogen) atoms. The van der Waals surface area contributed by atoms with Crippen LogP contribution in [0.4, 0.5) is 0 Å². The predicted molar refractivity (Wildman–Crippen MR) is 232 cm³/mol. The fourth-order valence-electron chi connectivity index (χ4n) is 10.9. The van der Waals surface area contributed by atoms with Crippen LogP contribution in [-0.4, -0.2) is 51.6 Å². The van der Waals surface area contributed by atoms with Crippen LogP contribution in [0.3, 0.4) is 0 Å². The third kappa shape index (κ3) is 17.7. The van der Waals surface area contributed by atoms with Crippen molar-refractivity contribution >= 4 is 45.8 Å². The molecule has 0 aliphatic heterocycles. The molecule has 0 aromatic carbocycles. The maximum absolute atomic E-state index is 10.6. The van der Waals surface area contributed by atoms with Crippen LogP contribution < -0.4 is 0 Å². The van der Waals surface area contributed by atoms with Crippen LogP contribution in [0, 0.1) is 0 Å². The number of rotatable bonds is 12. The van der Waals surface area contributed by atoms with E-state index in [2.05, 4.69) is 4.74 Å². The van der Waals surface area contributed by atoms with E-state index in [1.807, 2.05) is 10.7 Å². The molecule has 304 valence electrons. The van der Waals surface area contributed by atoms with E-state index in [-0.39, 0.29) is 5.97 Å². The third-order valence-electron chi connectivity index (χ3n) is 13.5. The molecule has 6 aliphatic rings. The zero-order chi connectivity index (χ0) is 36.6. The van der Waals surface area contributed by atoms with Gasteiger partial charge in [0.1, 0.15) is 0 Å². The van der Waals surface area contributed by atoms with Crippen molar-refractivity contribution in [3.63, 3.8) is 0 Å². The molecular formula is C45H80Cl2O2P2Ru. The Morgan fingerprint density at radius 1 is 0.500 bits per heavy atom. The van der Waals surface area contributed by atoms with E-state index in [1.54, 1.807) is 154 Å². The number of carbonyl (C=O) groups is 1. The van der Waals surface area contributed by atoms with Crippen molar-refractivity contribution < 1.29 is 23.0 Å². The average molecular weight is 887 g/mol. The quantitative estimate of drug-likeness (QED) is 0.0642. The standard InChI is InChI=1S/2C18H33P.C9H14O2.2ClH.Ru/c2*1-4-10-16(11-5-1)19(17-12-6-2-7-13-17)18-14-8-3-9-15-18;1-3-4-5-6-7-8-9(10)11-2;;;/h2*16-18H,1-15H2;1,7-8H,3-6H2,2H3;2*1H;/q;;;;;+2/p-2/b;;8-7+;;;. The minimum atomic E-state index is -1.56. The summed E-state index contributed by atoms with van der Waals surface area (Å²) in [5.74, 6) is -0.300. The molecule has 0 bridgehead atoms. The van der Waals surface area contributed by atoms with E-state index in [9.17, 15) is 4.79 Å². The number of allylic oxidation sites excluding steroid dienone is 1. The molecule has 0 amide bonds. The Bertz CT molecular complexity index is 830. The number of carbonyl (C=O) groups excluding carboxylic acids is 1.